The zero-order valence-corrected chi connectivity index (χ0v) is 76.5. The van der Waals surface area contributed by atoms with Crippen LogP contribution in [0.15, 0.2) is 49.5 Å². The van der Waals surface area contributed by atoms with Gasteiger partial charge in [0.2, 0.25) is 35.5 Å². The van der Waals surface area contributed by atoms with E-state index in [0.29, 0.717) is 127 Å². The number of amides is 1. The van der Waals surface area contributed by atoms with Crippen molar-refractivity contribution in [2.75, 3.05) is 78.6 Å². The Morgan fingerprint density at radius 3 is 0.900 bits per heavy atom. The summed E-state index contributed by atoms with van der Waals surface area (Å²) in [5.74, 6) is 14.1. The minimum atomic E-state index is -5.08. The Kier molecular flexibility index (Phi) is 36.2. The fraction of sp³-hybridized carbons (Fsp3) is 0.523. The van der Waals surface area contributed by atoms with Crippen LogP contribution in [-0.2, 0) is 92.7 Å². The van der Waals surface area contributed by atoms with Crippen molar-refractivity contribution < 1.29 is 135 Å². The monoisotopic (exact) mass is 1990 g/mol. The molecule has 756 valence electrons. The molecule has 42 nitrogen and oxygen atoms in total. The van der Waals surface area contributed by atoms with Crippen LogP contribution in [0.4, 0.5) is 76.5 Å². The van der Waals surface area contributed by atoms with Crippen molar-refractivity contribution in [3.8, 4) is 77.2 Å². The molecule has 54 heteroatoms. The first kappa shape index (κ1) is 108. The van der Waals surface area contributed by atoms with Crippen LogP contribution in [0.1, 0.15) is 137 Å². The summed E-state index contributed by atoms with van der Waals surface area (Å²) in [5, 5.41) is 37.9. The van der Waals surface area contributed by atoms with Crippen LogP contribution in [0.3, 0.4) is 0 Å². The number of cyclic esters (lactones) is 1. The van der Waals surface area contributed by atoms with E-state index >= 15 is 0 Å². The Labute approximate surface area is 785 Å². The molecule has 7 fully saturated rings. The Balaban J connectivity index is 0.000000191. The van der Waals surface area contributed by atoms with Gasteiger partial charge in [0.25, 0.3) is 28.1 Å². The summed E-state index contributed by atoms with van der Waals surface area (Å²) in [6.45, 7) is 16.0. The summed E-state index contributed by atoms with van der Waals surface area (Å²) < 4.78 is 167. The molecule has 7 N–H and O–H groups in total. The van der Waals surface area contributed by atoms with Gasteiger partial charge in [-0.1, -0.05) is 41.9 Å². The fourth-order valence-electron chi connectivity index (χ4n) is 14.1. The standard InChI is InChI=1S/C21H23N5O2.C19H24N6O3.2C19H23N5O4.4C2HF3O2/c1-3-4-15-26-17-18(22-20(26)25-13-9-6-10-14-25)23-21(24(2)19(17)27)28-16-11-7-5-8-12-16;1-3-4-12-25-13-14(21-17(25)24-10-6-5-7-11-24)22-18(23(2)15(13)26)28-19(8-9-19)16(20)27;1-3-4-12-24-13-14(20-17(24)23-10-6-5-7-11-23)21-18(22(2)15(13)25)28-19(8-9-19)16(26)27;1-3-4-11-24-14-15(20-18(24)23-9-6-5-7-10-23)21-19(22(2)16(14)25)28-13-8-12-27-17(13)26;4*3-2(4,5)1(6)7/h5,7-8,11-12H,6,9-10,13-15H2,1-2H3;5-12H2,1-2H3,(H2,20,27);5-12H2,1-2H3,(H,26,27);13H,5-12H2,1-2H3;4*(H,6,7). The van der Waals surface area contributed by atoms with E-state index < -0.39 is 83.7 Å². The van der Waals surface area contributed by atoms with Gasteiger partial charge in [-0.15, -0.1) is 23.7 Å². The number of carbonyl (C=O) groups is 7. The van der Waals surface area contributed by atoms with Crippen LogP contribution < -0.4 is 66.5 Å². The lowest BCUT2D eigenvalue weighted by Crippen LogP contribution is -2.38. The number of halogens is 12. The van der Waals surface area contributed by atoms with Crippen molar-refractivity contribution in [2.45, 2.75) is 205 Å². The van der Waals surface area contributed by atoms with Gasteiger partial charge in [0.1, 0.15) is 5.75 Å². The number of fused-ring (bicyclic) bond motifs is 4. The van der Waals surface area contributed by atoms with E-state index in [1.807, 2.05) is 44.0 Å². The molecule has 1 unspecified atom stereocenters. The number of rotatable bonds is 18. The predicted octanol–water partition coefficient (Wildman–Crippen LogP) is 7.99. The lowest BCUT2D eigenvalue weighted by Gasteiger charge is -2.27. The van der Waals surface area contributed by atoms with Gasteiger partial charge in [-0.05, 0) is 117 Å². The average molecular weight is 1990 g/mol. The lowest BCUT2D eigenvalue weighted by atomic mass is 10.1. The third-order valence-electron chi connectivity index (χ3n) is 21.8. The number of hydrogen-bond donors (Lipinski definition) is 6. The van der Waals surface area contributed by atoms with Crippen molar-refractivity contribution in [2.24, 2.45) is 33.9 Å². The minimum absolute atomic E-state index is 0.0196. The van der Waals surface area contributed by atoms with Gasteiger partial charge >= 0.3 is 84.6 Å². The Hall–Kier alpha value is -15.3. The summed E-state index contributed by atoms with van der Waals surface area (Å²) >= 11 is 0. The molecule has 2 aliphatic carbocycles. The number of carbonyl (C=O) groups excluding carboxylic acids is 2. The first-order valence-corrected chi connectivity index (χ1v) is 43.1. The molecule has 7 aliphatic rings. The molecule has 0 radical (unpaired) electrons. The topological polar surface area (TPSA) is 517 Å². The number of nitrogens with two attached hydrogens (primary N) is 1. The highest BCUT2D eigenvalue weighted by atomic mass is 19.4. The van der Waals surface area contributed by atoms with Crippen molar-refractivity contribution in [3.05, 3.63) is 71.7 Å². The fourth-order valence-corrected chi connectivity index (χ4v) is 14.1. The summed E-state index contributed by atoms with van der Waals surface area (Å²) in [5.41, 5.74) is 4.90. The highest BCUT2D eigenvalue weighted by molar-refractivity contribution is 5.87. The van der Waals surface area contributed by atoms with Gasteiger partial charge in [0.15, 0.2) is 50.3 Å². The maximum atomic E-state index is 13.1. The van der Waals surface area contributed by atoms with E-state index in [2.05, 4.69) is 102 Å². The van der Waals surface area contributed by atoms with E-state index in [0.717, 1.165) is 110 Å². The number of aromatic nitrogens is 16. The van der Waals surface area contributed by atoms with Gasteiger partial charge in [0.05, 0.1) is 32.8 Å². The van der Waals surface area contributed by atoms with Crippen LogP contribution in [0.2, 0.25) is 0 Å². The van der Waals surface area contributed by atoms with E-state index in [4.69, 9.17) is 74.0 Å². The number of nitrogens with zero attached hydrogens (tertiary/aromatic N) is 20. The first-order valence-electron chi connectivity index (χ1n) is 43.1. The molecule has 140 heavy (non-hydrogen) atoms. The number of carboxylic acids is 5. The molecule has 16 rings (SSSR count). The number of para-hydroxylation sites is 1. The number of ether oxygens (including phenoxy) is 5. The number of anilines is 4. The van der Waals surface area contributed by atoms with Gasteiger partial charge in [-0.3, -0.25) is 60.5 Å². The number of piperidine rings is 4. The van der Waals surface area contributed by atoms with E-state index in [1.165, 1.54) is 51.0 Å². The molecule has 13 heterocycles. The normalized spacial score (nSPS) is 16.1. The SMILES string of the molecule is CC#CCn1c(N2CCCCC2)nc2nc(OC3(C(=O)O)CC3)n(C)c(=O)c21.CC#CCn1c(N2CCCCC2)nc2nc(OC3(C(N)=O)CC3)n(C)c(=O)c21.CC#CCn1c(N2CCCCC2)nc2nc(OC3CCOC3=O)n(C)c(=O)c21.CC#CCn1c(N2CCCCC2)nc2nc(Oc3ccccc3)n(C)c(=O)c21.O=C(O)C(F)(F)F.O=C(O)C(F)(F)F.O=C(O)C(F)(F)F.O=C(O)C(F)(F)F. The zero-order valence-electron chi connectivity index (χ0n) is 76.5. The van der Waals surface area contributed by atoms with Crippen LogP contribution in [0.5, 0.6) is 29.8 Å². The summed E-state index contributed by atoms with van der Waals surface area (Å²) in [4.78, 5) is 168. The molecule has 5 aliphatic heterocycles. The number of carboxylic acid groups (broad SMARTS) is 5. The highest BCUT2D eigenvalue weighted by Gasteiger charge is 2.55. The molecule has 8 aromatic heterocycles. The van der Waals surface area contributed by atoms with Gasteiger partial charge < -0.3 is 74.6 Å². The maximum Gasteiger partial charge on any atom is 0.490 e. The van der Waals surface area contributed by atoms with Crippen molar-refractivity contribution in [1.82, 2.24) is 76.4 Å². The van der Waals surface area contributed by atoms with Crippen molar-refractivity contribution >= 4 is 110 Å². The number of primary amides is 1. The molecule has 5 saturated heterocycles. The first-order chi connectivity index (χ1) is 66.0. The number of esters is 1. The van der Waals surface area contributed by atoms with Crippen molar-refractivity contribution in [1.29, 1.82) is 0 Å². The molecule has 0 bridgehead atoms. The second kappa shape index (κ2) is 46.7. The molecule has 1 atom stereocenters. The smallest absolute Gasteiger partial charge is 0.478 e. The largest absolute Gasteiger partial charge is 0.490 e. The van der Waals surface area contributed by atoms with E-state index in [1.54, 1.807) is 53.4 Å². The molecule has 2 saturated carbocycles. The Bertz CT molecular complexity index is 6310. The summed E-state index contributed by atoms with van der Waals surface area (Å²) in [6.07, 6.45) is -5.26. The summed E-state index contributed by atoms with van der Waals surface area (Å²) in [6, 6.07) is 9.63. The minimum Gasteiger partial charge on any atom is -0.478 e. The second-order valence-corrected chi connectivity index (χ2v) is 31.7. The average Bonchev–Trinajstić information content (AvgIpc) is 1.67. The second-order valence-electron chi connectivity index (χ2n) is 31.7. The van der Waals surface area contributed by atoms with Crippen LogP contribution in [0, 0.1) is 47.4 Å². The number of aliphatic carboxylic acids is 5. The third-order valence-corrected chi connectivity index (χ3v) is 21.8. The number of alkyl halides is 12. The zero-order chi connectivity index (χ0) is 103. The molecule has 9 aromatic rings. The lowest BCUT2D eigenvalue weighted by molar-refractivity contribution is -0.193. The third kappa shape index (κ3) is 27.2. The number of hydrogen-bond acceptors (Lipinski definition) is 28. The summed E-state index contributed by atoms with van der Waals surface area (Å²) in [7, 11) is 6.35. The number of imidazole rings is 4. The van der Waals surface area contributed by atoms with Crippen LogP contribution in [-0.4, -0.2) is 245 Å². The van der Waals surface area contributed by atoms with Gasteiger partial charge in [-0.2, -0.15) is 92.6 Å². The Morgan fingerprint density at radius 1 is 0.400 bits per heavy atom. The van der Waals surface area contributed by atoms with Gasteiger partial charge in [0, 0.05) is 113 Å². The maximum absolute atomic E-state index is 13.1. The molecule has 1 amide bonds. The predicted molar refractivity (Wildman–Crippen MR) is 472 cm³/mol. The van der Waals surface area contributed by atoms with E-state index in [-0.39, 0.29) is 51.9 Å². The van der Waals surface area contributed by atoms with Crippen LogP contribution in [0.25, 0.3) is 44.7 Å². The van der Waals surface area contributed by atoms with Gasteiger partial charge in [-0.25, -0.2) is 28.8 Å². The quantitative estimate of drug-likeness (QED) is 0.0269. The Morgan fingerprint density at radius 2 is 0.657 bits per heavy atom. The molecular formula is C86H97F12N21O21. The van der Waals surface area contributed by atoms with Crippen molar-refractivity contribution in [3.63, 3.8) is 0 Å². The van der Waals surface area contributed by atoms with Crippen LogP contribution >= 0.6 is 0 Å². The highest BCUT2D eigenvalue weighted by Crippen LogP contribution is 2.42. The molecule has 1 aromatic carbocycles. The molecular weight excluding hydrogens is 1890 g/mol. The number of benzene rings is 1. The molecule has 0 spiro atoms. The van der Waals surface area contributed by atoms with E-state index in [9.17, 15) is 91.4 Å².